The smallest absolute Gasteiger partial charge is 0.0438 e. The van der Waals surface area contributed by atoms with Crippen molar-refractivity contribution in [3.05, 3.63) is 11.1 Å². The predicted molar refractivity (Wildman–Crippen MR) is 61.5 cm³/mol. The number of rotatable bonds is 8. The Balaban J connectivity index is 3.00. The molecule has 0 aliphatic heterocycles. The number of nitrogens with one attached hydrogen (secondary N) is 1. The zero-order valence-corrected chi connectivity index (χ0v) is 9.63. The molecule has 0 aromatic rings. The summed E-state index contributed by atoms with van der Waals surface area (Å²) in [5, 5.41) is 11.8. The first-order chi connectivity index (χ1) is 6.31. The Morgan fingerprint density at radius 1 is 1.54 bits per heavy atom. The van der Waals surface area contributed by atoms with Crippen molar-refractivity contribution in [2.75, 3.05) is 31.2 Å². The maximum absolute atomic E-state index is 8.52. The van der Waals surface area contributed by atoms with Crippen LogP contribution in [0.2, 0.25) is 0 Å². The van der Waals surface area contributed by atoms with Crippen LogP contribution in [0.5, 0.6) is 0 Å². The highest BCUT2D eigenvalue weighted by Gasteiger charge is 1.90. The van der Waals surface area contributed by atoms with E-state index in [2.05, 4.69) is 5.32 Å². The Bertz CT molecular complexity index is 142. The number of aliphatic hydroxyl groups excluding tert-OH is 1. The molecule has 0 bridgehead atoms. The third-order valence-corrected chi connectivity index (χ3v) is 2.90. The first-order valence-electron chi connectivity index (χ1n) is 4.46. The second kappa shape index (κ2) is 10.4. The quantitative estimate of drug-likeness (QED) is 0.616. The Labute approximate surface area is 89.7 Å². The summed E-state index contributed by atoms with van der Waals surface area (Å²) in [5.74, 6) is 2.14. The van der Waals surface area contributed by atoms with E-state index >= 15 is 0 Å². The standard InChI is InChI=1S/C9H18ClNOS/c1-9(7-10)8-11-3-6-13-5-2-4-12/h7,11-12H,2-6,8H2,1H3. The highest BCUT2D eigenvalue weighted by Crippen LogP contribution is 2.00. The molecule has 0 unspecified atom stereocenters. The Morgan fingerprint density at radius 3 is 2.92 bits per heavy atom. The van der Waals surface area contributed by atoms with E-state index in [1.165, 1.54) is 0 Å². The predicted octanol–water partition coefficient (Wildman–Crippen LogP) is 1.83. The van der Waals surface area contributed by atoms with Gasteiger partial charge in [-0.2, -0.15) is 11.8 Å². The van der Waals surface area contributed by atoms with E-state index in [0.717, 1.165) is 36.6 Å². The molecule has 0 atom stereocenters. The van der Waals surface area contributed by atoms with E-state index in [4.69, 9.17) is 16.7 Å². The van der Waals surface area contributed by atoms with Gasteiger partial charge in [0.15, 0.2) is 0 Å². The van der Waals surface area contributed by atoms with Crippen LogP contribution in [0.1, 0.15) is 13.3 Å². The molecule has 0 fully saturated rings. The van der Waals surface area contributed by atoms with Crippen LogP contribution in [-0.4, -0.2) is 36.3 Å². The fourth-order valence-corrected chi connectivity index (χ4v) is 1.64. The molecule has 2 nitrogen and oxygen atoms in total. The summed E-state index contributed by atoms with van der Waals surface area (Å²) in [7, 11) is 0. The van der Waals surface area contributed by atoms with Gasteiger partial charge in [0.2, 0.25) is 0 Å². The SMILES string of the molecule is CC(=CCl)CNCCSCCCO. The van der Waals surface area contributed by atoms with Crippen LogP contribution in [0.25, 0.3) is 0 Å². The molecule has 0 amide bonds. The molecule has 0 rings (SSSR count). The number of halogens is 1. The van der Waals surface area contributed by atoms with Crippen LogP contribution in [-0.2, 0) is 0 Å². The largest absolute Gasteiger partial charge is 0.396 e. The van der Waals surface area contributed by atoms with Crippen molar-refractivity contribution >= 4 is 23.4 Å². The lowest BCUT2D eigenvalue weighted by Gasteiger charge is -2.03. The molecule has 0 heterocycles. The average Bonchev–Trinajstić information content (AvgIpc) is 2.16. The van der Waals surface area contributed by atoms with Gasteiger partial charge in [-0.1, -0.05) is 11.6 Å². The molecule has 0 aliphatic rings. The van der Waals surface area contributed by atoms with E-state index in [1.807, 2.05) is 18.7 Å². The van der Waals surface area contributed by atoms with Crippen LogP contribution in [0.4, 0.5) is 0 Å². The number of aliphatic hydroxyl groups is 1. The topological polar surface area (TPSA) is 32.3 Å². The Kier molecular flexibility index (Phi) is 10.6. The van der Waals surface area contributed by atoms with Gasteiger partial charge < -0.3 is 10.4 Å². The van der Waals surface area contributed by atoms with Gasteiger partial charge in [-0.25, -0.2) is 0 Å². The van der Waals surface area contributed by atoms with Crippen molar-refractivity contribution in [3.63, 3.8) is 0 Å². The average molecular weight is 224 g/mol. The maximum atomic E-state index is 8.52. The molecule has 2 N–H and O–H groups in total. The molecule has 0 aliphatic carbocycles. The third-order valence-electron chi connectivity index (χ3n) is 1.46. The highest BCUT2D eigenvalue weighted by molar-refractivity contribution is 7.99. The third kappa shape index (κ3) is 10.2. The first-order valence-corrected chi connectivity index (χ1v) is 6.05. The maximum Gasteiger partial charge on any atom is 0.0438 e. The zero-order chi connectivity index (χ0) is 9.94. The van der Waals surface area contributed by atoms with Gasteiger partial charge in [0.05, 0.1) is 0 Å². The summed E-state index contributed by atoms with van der Waals surface area (Å²) in [6.07, 6.45) is 0.894. The van der Waals surface area contributed by atoms with Crippen molar-refractivity contribution in [3.8, 4) is 0 Å². The van der Waals surface area contributed by atoms with Gasteiger partial charge in [0, 0.05) is 31.0 Å². The minimum atomic E-state index is 0.300. The van der Waals surface area contributed by atoms with Crippen molar-refractivity contribution in [2.45, 2.75) is 13.3 Å². The molecule has 0 aromatic carbocycles. The number of hydrogen-bond donors (Lipinski definition) is 2. The van der Waals surface area contributed by atoms with Crippen molar-refractivity contribution < 1.29 is 5.11 Å². The van der Waals surface area contributed by atoms with E-state index < -0.39 is 0 Å². The van der Waals surface area contributed by atoms with Crippen LogP contribution in [0, 0.1) is 0 Å². The molecular weight excluding hydrogens is 206 g/mol. The fourth-order valence-electron chi connectivity index (χ4n) is 0.737. The molecule has 0 spiro atoms. The van der Waals surface area contributed by atoms with Crippen LogP contribution < -0.4 is 5.32 Å². The molecule has 0 radical (unpaired) electrons. The summed E-state index contributed by atoms with van der Waals surface area (Å²) >= 11 is 7.36. The van der Waals surface area contributed by atoms with Crippen molar-refractivity contribution in [2.24, 2.45) is 0 Å². The van der Waals surface area contributed by atoms with Crippen molar-refractivity contribution in [1.82, 2.24) is 5.32 Å². The summed E-state index contributed by atoms with van der Waals surface area (Å²) in [6, 6.07) is 0. The van der Waals surface area contributed by atoms with Gasteiger partial charge in [-0.15, -0.1) is 0 Å². The normalized spacial score (nSPS) is 12.1. The molecule has 78 valence electrons. The van der Waals surface area contributed by atoms with Gasteiger partial charge >= 0.3 is 0 Å². The summed E-state index contributed by atoms with van der Waals surface area (Å²) in [4.78, 5) is 0. The number of thioether (sulfide) groups is 1. The highest BCUT2D eigenvalue weighted by atomic mass is 35.5. The molecular formula is C9H18ClNOS. The Hall–Kier alpha value is 0.300. The van der Waals surface area contributed by atoms with Gasteiger partial charge in [-0.05, 0) is 24.7 Å². The summed E-state index contributed by atoms with van der Waals surface area (Å²) in [6.45, 7) is 4.16. The fraction of sp³-hybridized carbons (Fsp3) is 0.778. The van der Waals surface area contributed by atoms with E-state index in [0.29, 0.717) is 6.61 Å². The second-order valence-corrected chi connectivity index (χ2v) is 4.26. The van der Waals surface area contributed by atoms with Crippen molar-refractivity contribution in [1.29, 1.82) is 0 Å². The number of hydrogen-bond acceptors (Lipinski definition) is 3. The van der Waals surface area contributed by atoms with E-state index in [1.54, 1.807) is 5.54 Å². The van der Waals surface area contributed by atoms with Crippen LogP contribution in [0.3, 0.4) is 0 Å². The van der Waals surface area contributed by atoms with Crippen LogP contribution in [0.15, 0.2) is 11.1 Å². The molecule has 13 heavy (non-hydrogen) atoms. The zero-order valence-electron chi connectivity index (χ0n) is 8.05. The minimum absolute atomic E-state index is 0.300. The Morgan fingerprint density at radius 2 is 2.31 bits per heavy atom. The lowest BCUT2D eigenvalue weighted by atomic mass is 10.3. The molecule has 0 aromatic heterocycles. The molecule has 0 saturated heterocycles. The molecule has 4 heteroatoms. The van der Waals surface area contributed by atoms with Gasteiger partial charge in [0.1, 0.15) is 0 Å². The summed E-state index contributed by atoms with van der Waals surface area (Å²) in [5.41, 5.74) is 2.76. The van der Waals surface area contributed by atoms with Gasteiger partial charge in [-0.3, -0.25) is 0 Å². The lowest BCUT2D eigenvalue weighted by Crippen LogP contribution is -2.19. The monoisotopic (exact) mass is 223 g/mol. The molecule has 0 saturated carbocycles. The van der Waals surface area contributed by atoms with E-state index in [9.17, 15) is 0 Å². The minimum Gasteiger partial charge on any atom is -0.396 e. The van der Waals surface area contributed by atoms with E-state index in [-0.39, 0.29) is 0 Å². The lowest BCUT2D eigenvalue weighted by molar-refractivity contribution is 0.296. The second-order valence-electron chi connectivity index (χ2n) is 2.82. The first kappa shape index (κ1) is 13.3. The van der Waals surface area contributed by atoms with Crippen LogP contribution >= 0.6 is 23.4 Å². The summed E-state index contributed by atoms with van der Waals surface area (Å²) < 4.78 is 0. The van der Waals surface area contributed by atoms with Gasteiger partial charge in [0.25, 0.3) is 0 Å².